The van der Waals surface area contributed by atoms with Crippen molar-refractivity contribution in [2.24, 2.45) is 10.8 Å². The van der Waals surface area contributed by atoms with E-state index in [0.717, 1.165) is 0 Å². The summed E-state index contributed by atoms with van der Waals surface area (Å²) < 4.78 is 0. The van der Waals surface area contributed by atoms with Crippen LogP contribution in [0.2, 0.25) is 0 Å². The third-order valence-electron chi connectivity index (χ3n) is 3.09. The second kappa shape index (κ2) is 6.47. The van der Waals surface area contributed by atoms with E-state index in [9.17, 15) is 0 Å². The molecule has 0 saturated heterocycles. The Labute approximate surface area is 104 Å². The molecule has 0 aliphatic rings. The second-order valence-corrected chi connectivity index (χ2v) is 6.97. The van der Waals surface area contributed by atoms with Gasteiger partial charge in [0.05, 0.1) is 0 Å². The first-order valence-corrected chi connectivity index (χ1v) is 6.89. The first-order valence-electron chi connectivity index (χ1n) is 6.89. The monoisotopic (exact) mass is 224 g/mol. The van der Waals surface area contributed by atoms with Crippen LogP contribution in [0.1, 0.15) is 80.1 Å². The van der Waals surface area contributed by atoms with E-state index in [1.165, 1.54) is 44.1 Å². The molecule has 0 aliphatic carbocycles. The lowest BCUT2D eigenvalue weighted by molar-refractivity contribution is 0.173. The van der Waals surface area contributed by atoms with Crippen LogP contribution in [0.25, 0.3) is 0 Å². The molecule has 0 aromatic heterocycles. The molecular weight excluding hydrogens is 192 g/mol. The lowest BCUT2D eigenvalue weighted by Crippen LogP contribution is -2.24. The number of hydrogen-bond donors (Lipinski definition) is 0. The fraction of sp³-hybridized carbons (Fsp3) is 0.875. The highest BCUT2D eigenvalue weighted by molar-refractivity contribution is 5.00. The number of rotatable bonds is 7. The molecule has 0 aromatic carbocycles. The van der Waals surface area contributed by atoms with Crippen LogP contribution in [-0.2, 0) is 0 Å². The van der Waals surface area contributed by atoms with Crippen LogP contribution in [0.3, 0.4) is 0 Å². The average molecular weight is 224 g/mol. The van der Waals surface area contributed by atoms with Crippen molar-refractivity contribution in [1.82, 2.24) is 0 Å². The van der Waals surface area contributed by atoms with Crippen LogP contribution < -0.4 is 0 Å². The van der Waals surface area contributed by atoms with Crippen molar-refractivity contribution >= 4 is 0 Å². The van der Waals surface area contributed by atoms with Gasteiger partial charge in [-0.15, -0.1) is 0 Å². The normalized spacial score (nSPS) is 15.9. The van der Waals surface area contributed by atoms with Crippen LogP contribution in [-0.4, -0.2) is 0 Å². The highest BCUT2D eigenvalue weighted by Gasteiger charge is 2.29. The van der Waals surface area contributed by atoms with Crippen molar-refractivity contribution in [3.8, 4) is 0 Å². The topological polar surface area (TPSA) is 0 Å². The van der Waals surface area contributed by atoms with Crippen LogP contribution in [0, 0.1) is 10.8 Å². The maximum atomic E-state index is 4.24. The summed E-state index contributed by atoms with van der Waals surface area (Å²) in [7, 11) is 0. The molecule has 0 heteroatoms. The van der Waals surface area contributed by atoms with Crippen molar-refractivity contribution in [2.45, 2.75) is 80.1 Å². The van der Waals surface area contributed by atoms with Gasteiger partial charge in [-0.1, -0.05) is 66.5 Å². The Bertz CT molecular complexity index is 207. The van der Waals surface area contributed by atoms with E-state index in [2.05, 4.69) is 48.1 Å². The van der Waals surface area contributed by atoms with Gasteiger partial charge >= 0.3 is 0 Å². The van der Waals surface area contributed by atoms with Crippen molar-refractivity contribution in [1.29, 1.82) is 0 Å². The third-order valence-corrected chi connectivity index (χ3v) is 3.09. The summed E-state index contributed by atoms with van der Waals surface area (Å²) in [5.41, 5.74) is 2.33. The van der Waals surface area contributed by atoms with E-state index < -0.39 is 0 Å². The van der Waals surface area contributed by atoms with Crippen molar-refractivity contribution in [3.63, 3.8) is 0 Å². The standard InChI is InChI=1S/C16H32/c1-8-10-14(3)12-16(7,11-9-2)13-15(4,5)6/h3,8-13H2,1-2,4-7H3. The molecule has 0 saturated carbocycles. The van der Waals surface area contributed by atoms with Gasteiger partial charge in [0.1, 0.15) is 0 Å². The average Bonchev–Trinajstić information content (AvgIpc) is 1.99. The Morgan fingerprint density at radius 1 is 1.00 bits per heavy atom. The molecule has 0 nitrogen and oxygen atoms in total. The van der Waals surface area contributed by atoms with E-state index in [1.54, 1.807) is 0 Å². The smallest absolute Gasteiger partial charge is 0.0269 e. The summed E-state index contributed by atoms with van der Waals surface area (Å²) in [5.74, 6) is 0. The molecule has 0 rings (SSSR count). The van der Waals surface area contributed by atoms with Gasteiger partial charge in [0, 0.05) is 0 Å². The molecule has 0 fully saturated rings. The van der Waals surface area contributed by atoms with Gasteiger partial charge in [-0.25, -0.2) is 0 Å². The Morgan fingerprint density at radius 3 is 1.94 bits per heavy atom. The van der Waals surface area contributed by atoms with Crippen LogP contribution in [0.5, 0.6) is 0 Å². The Morgan fingerprint density at radius 2 is 1.56 bits per heavy atom. The van der Waals surface area contributed by atoms with E-state index in [4.69, 9.17) is 0 Å². The van der Waals surface area contributed by atoms with Gasteiger partial charge in [-0.3, -0.25) is 0 Å². The van der Waals surface area contributed by atoms with E-state index >= 15 is 0 Å². The summed E-state index contributed by atoms with van der Waals surface area (Å²) in [6.07, 6.45) is 7.56. The van der Waals surface area contributed by atoms with Crippen molar-refractivity contribution in [2.75, 3.05) is 0 Å². The third kappa shape index (κ3) is 7.09. The molecule has 0 aliphatic heterocycles. The van der Waals surface area contributed by atoms with Crippen LogP contribution in [0.4, 0.5) is 0 Å². The van der Waals surface area contributed by atoms with Gasteiger partial charge in [0.2, 0.25) is 0 Å². The van der Waals surface area contributed by atoms with Gasteiger partial charge in [-0.05, 0) is 36.5 Å². The zero-order valence-corrected chi connectivity index (χ0v) is 12.4. The highest BCUT2D eigenvalue weighted by Crippen LogP contribution is 2.42. The Kier molecular flexibility index (Phi) is 6.36. The largest absolute Gasteiger partial charge is 0.0998 e. The molecule has 0 bridgehead atoms. The summed E-state index contributed by atoms with van der Waals surface area (Å²) in [6.45, 7) is 18.3. The molecular formula is C16H32. The van der Waals surface area contributed by atoms with Gasteiger partial charge in [0.15, 0.2) is 0 Å². The Balaban J connectivity index is 4.49. The fourth-order valence-corrected chi connectivity index (χ4v) is 3.17. The number of allylic oxidation sites excluding steroid dienone is 1. The minimum atomic E-state index is 0.427. The van der Waals surface area contributed by atoms with E-state index in [-0.39, 0.29) is 0 Å². The predicted molar refractivity (Wildman–Crippen MR) is 75.8 cm³/mol. The molecule has 0 amide bonds. The summed E-state index contributed by atoms with van der Waals surface area (Å²) in [6, 6.07) is 0. The number of hydrogen-bond acceptors (Lipinski definition) is 0. The predicted octanol–water partition coefficient (Wildman–Crippen LogP) is 5.98. The molecule has 0 spiro atoms. The lowest BCUT2D eigenvalue weighted by Gasteiger charge is -2.36. The molecule has 16 heavy (non-hydrogen) atoms. The second-order valence-electron chi connectivity index (χ2n) is 6.97. The van der Waals surface area contributed by atoms with E-state index in [1.807, 2.05) is 0 Å². The SMILES string of the molecule is C=C(CCC)CC(C)(CCC)CC(C)(C)C. The summed E-state index contributed by atoms with van der Waals surface area (Å²) in [4.78, 5) is 0. The molecule has 0 heterocycles. The Hall–Kier alpha value is -0.260. The van der Waals surface area contributed by atoms with Crippen molar-refractivity contribution < 1.29 is 0 Å². The zero-order valence-electron chi connectivity index (χ0n) is 12.4. The van der Waals surface area contributed by atoms with Crippen LogP contribution >= 0.6 is 0 Å². The van der Waals surface area contributed by atoms with Gasteiger partial charge in [-0.2, -0.15) is 0 Å². The van der Waals surface area contributed by atoms with Gasteiger partial charge in [0.25, 0.3) is 0 Å². The highest BCUT2D eigenvalue weighted by atomic mass is 14.3. The maximum Gasteiger partial charge on any atom is -0.0269 e. The molecule has 0 aromatic rings. The van der Waals surface area contributed by atoms with E-state index in [0.29, 0.717) is 10.8 Å². The van der Waals surface area contributed by atoms with Gasteiger partial charge < -0.3 is 0 Å². The first-order chi connectivity index (χ1) is 7.22. The first kappa shape index (κ1) is 15.7. The fourth-order valence-electron chi connectivity index (χ4n) is 3.17. The molecule has 1 atom stereocenters. The summed E-state index contributed by atoms with van der Waals surface area (Å²) >= 11 is 0. The molecule has 0 N–H and O–H groups in total. The summed E-state index contributed by atoms with van der Waals surface area (Å²) in [5, 5.41) is 0. The maximum absolute atomic E-state index is 4.24. The van der Waals surface area contributed by atoms with Crippen LogP contribution in [0.15, 0.2) is 12.2 Å². The minimum absolute atomic E-state index is 0.427. The minimum Gasteiger partial charge on any atom is -0.0998 e. The van der Waals surface area contributed by atoms with Crippen molar-refractivity contribution in [3.05, 3.63) is 12.2 Å². The lowest BCUT2D eigenvalue weighted by atomic mass is 9.69. The molecule has 96 valence electrons. The molecule has 1 unspecified atom stereocenters. The molecule has 0 radical (unpaired) electrons. The quantitative estimate of drug-likeness (QED) is 0.467. The zero-order chi connectivity index (χ0) is 12.8.